The maximum Gasteiger partial charge on any atom is 0.191 e. The summed E-state index contributed by atoms with van der Waals surface area (Å²) in [7, 11) is 1.67. The first-order valence-corrected chi connectivity index (χ1v) is 8.96. The van der Waals surface area contributed by atoms with Gasteiger partial charge in [0.15, 0.2) is 5.96 Å². The van der Waals surface area contributed by atoms with E-state index in [0.717, 1.165) is 35.0 Å². The Hall–Kier alpha value is -1.18. The number of hydrogen-bond acceptors (Lipinski definition) is 5. The van der Waals surface area contributed by atoms with Crippen molar-refractivity contribution in [3.05, 3.63) is 23.2 Å². The van der Waals surface area contributed by atoms with Crippen molar-refractivity contribution < 1.29 is 14.6 Å². The molecule has 130 valence electrons. The van der Waals surface area contributed by atoms with Gasteiger partial charge >= 0.3 is 0 Å². The summed E-state index contributed by atoms with van der Waals surface area (Å²) in [4.78, 5) is 4.15. The van der Waals surface area contributed by atoms with E-state index in [1.54, 1.807) is 25.7 Å². The van der Waals surface area contributed by atoms with Crippen LogP contribution in [0.1, 0.15) is 30.4 Å². The van der Waals surface area contributed by atoms with Gasteiger partial charge in [-0.1, -0.05) is 0 Å². The number of aliphatic imine (C=N–C) groups is 1. The molecule has 0 bridgehead atoms. The number of thioether (sulfide) groups is 1. The lowest BCUT2D eigenvalue weighted by atomic mass is 9.96. The van der Waals surface area contributed by atoms with Crippen LogP contribution in [0.2, 0.25) is 0 Å². The molecular formula is C16H27N3O3S. The summed E-state index contributed by atoms with van der Waals surface area (Å²) >= 11 is 1.76. The van der Waals surface area contributed by atoms with Crippen LogP contribution in [0.3, 0.4) is 0 Å². The number of nitrogens with one attached hydrogen (secondary N) is 2. The second-order valence-corrected chi connectivity index (χ2v) is 7.51. The molecular weight excluding hydrogens is 314 g/mol. The topological polar surface area (TPSA) is 90.0 Å². The smallest absolute Gasteiger partial charge is 0.191 e. The number of furan rings is 1. The molecule has 1 fully saturated rings. The summed E-state index contributed by atoms with van der Waals surface area (Å²) in [5.74, 6) is 3.78. The molecule has 0 amide bonds. The first-order chi connectivity index (χ1) is 10.8. The summed E-state index contributed by atoms with van der Waals surface area (Å²) in [6.45, 7) is 6.19. The van der Waals surface area contributed by atoms with E-state index in [-0.39, 0.29) is 0 Å². The largest absolute Gasteiger partial charge is 0.466 e. The Morgan fingerprint density at radius 2 is 2.22 bits per heavy atom. The monoisotopic (exact) mass is 341 g/mol. The zero-order chi connectivity index (χ0) is 17.1. The van der Waals surface area contributed by atoms with Crippen molar-refractivity contribution in [1.29, 1.82) is 0 Å². The lowest BCUT2D eigenvalue weighted by Crippen LogP contribution is -2.49. The van der Waals surface area contributed by atoms with E-state index in [1.807, 2.05) is 19.9 Å². The molecule has 1 aromatic heterocycles. The summed E-state index contributed by atoms with van der Waals surface area (Å²) in [5.41, 5.74) is -0.980. The molecule has 7 heteroatoms. The SMILES string of the molecule is CN=C(NCC1(O)CCSC1)NCC(C)(O)c1cc(C)oc1C. The predicted molar refractivity (Wildman–Crippen MR) is 94.0 cm³/mol. The van der Waals surface area contributed by atoms with Crippen molar-refractivity contribution in [3.63, 3.8) is 0 Å². The molecule has 2 unspecified atom stereocenters. The van der Waals surface area contributed by atoms with Gasteiger partial charge in [0.05, 0.1) is 12.1 Å². The van der Waals surface area contributed by atoms with Crippen LogP contribution in [0, 0.1) is 13.8 Å². The van der Waals surface area contributed by atoms with Crippen LogP contribution in [0.15, 0.2) is 15.5 Å². The summed E-state index contributed by atoms with van der Waals surface area (Å²) in [5, 5.41) is 27.3. The van der Waals surface area contributed by atoms with Gasteiger partial charge in [-0.05, 0) is 39.0 Å². The number of nitrogens with zero attached hydrogens (tertiary/aromatic N) is 1. The Bertz CT molecular complexity index is 563. The minimum absolute atomic E-state index is 0.291. The van der Waals surface area contributed by atoms with E-state index in [2.05, 4.69) is 15.6 Å². The summed E-state index contributed by atoms with van der Waals surface area (Å²) < 4.78 is 5.49. The fourth-order valence-electron chi connectivity index (χ4n) is 2.72. The molecule has 1 aromatic rings. The zero-order valence-corrected chi connectivity index (χ0v) is 15.1. The third-order valence-electron chi connectivity index (χ3n) is 4.11. The highest BCUT2D eigenvalue weighted by Gasteiger charge is 2.32. The molecule has 2 rings (SSSR count). The lowest BCUT2D eigenvalue weighted by molar-refractivity contribution is 0.0593. The molecule has 0 spiro atoms. The van der Waals surface area contributed by atoms with Gasteiger partial charge in [-0.15, -0.1) is 0 Å². The molecule has 2 atom stereocenters. The van der Waals surface area contributed by atoms with Crippen LogP contribution < -0.4 is 10.6 Å². The van der Waals surface area contributed by atoms with Crippen LogP contribution in [-0.2, 0) is 5.60 Å². The second kappa shape index (κ2) is 7.15. The average Bonchev–Trinajstić information content (AvgIpc) is 3.05. The molecule has 2 heterocycles. The molecule has 0 radical (unpaired) electrons. The van der Waals surface area contributed by atoms with Gasteiger partial charge in [0, 0.05) is 24.9 Å². The second-order valence-electron chi connectivity index (χ2n) is 6.41. The molecule has 0 saturated carbocycles. The third-order valence-corrected chi connectivity index (χ3v) is 5.35. The maximum absolute atomic E-state index is 10.7. The minimum atomic E-state index is -1.07. The van der Waals surface area contributed by atoms with E-state index in [9.17, 15) is 10.2 Å². The van der Waals surface area contributed by atoms with E-state index < -0.39 is 11.2 Å². The number of hydrogen-bond donors (Lipinski definition) is 4. The van der Waals surface area contributed by atoms with Gasteiger partial charge in [0.25, 0.3) is 0 Å². The predicted octanol–water partition coefficient (Wildman–Crippen LogP) is 1.14. The van der Waals surface area contributed by atoms with Crippen molar-refractivity contribution in [3.8, 4) is 0 Å². The first kappa shape index (κ1) is 18.2. The van der Waals surface area contributed by atoms with Gasteiger partial charge in [-0.2, -0.15) is 11.8 Å². The molecule has 1 saturated heterocycles. The Kier molecular flexibility index (Phi) is 5.65. The number of aliphatic hydroxyl groups is 2. The molecule has 0 aliphatic carbocycles. The highest BCUT2D eigenvalue weighted by atomic mass is 32.2. The molecule has 1 aliphatic heterocycles. The Morgan fingerprint density at radius 3 is 2.74 bits per heavy atom. The lowest BCUT2D eigenvalue weighted by Gasteiger charge is -2.26. The van der Waals surface area contributed by atoms with Crippen molar-refractivity contribution in [2.75, 3.05) is 31.6 Å². The minimum Gasteiger partial charge on any atom is -0.466 e. The summed E-state index contributed by atoms with van der Waals surface area (Å²) in [6.07, 6.45) is 0.785. The van der Waals surface area contributed by atoms with Crippen LogP contribution in [-0.4, -0.2) is 53.4 Å². The third kappa shape index (κ3) is 4.65. The Labute approximate surface area is 141 Å². The number of rotatable bonds is 5. The Morgan fingerprint density at radius 1 is 1.48 bits per heavy atom. The molecule has 0 aromatic carbocycles. The van der Waals surface area contributed by atoms with Gasteiger partial charge < -0.3 is 25.3 Å². The van der Waals surface area contributed by atoms with Crippen LogP contribution in [0.25, 0.3) is 0 Å². The maximum atomic E-state index is 10.7. The fraction of sp³-hybridized carbons (Fsp3) is 0.688. The van der Waals surface area contributed by atoms with Crippen molar-refractivity contribution >= 4 is 17.7 Å². The fourth-order valence-corrected chi connectivity index (χ4v) is 4.02. The molecule has 6 nitrogen and oxygen atoms in total. The van der Waals surface area contributed by atoms with Crippen molar-refractivity contribution in [1.82, 2.24) is 10.6 Å². The van der Waals surface area contributed by atoms with E-state index in [0.29, 0.717) is 19.0 Å². The van der Waals surface area contributed by atoms with Gasteiger partial charge in [-0.25, -0.2) is 0 Å². The highest BCUT2D eigenvalue weighted by Crippen LogP contribution is 2.27. The number of aryl methyl sites for hydroxylation is 2. The molecule has 1 aliphatic rings. The van der Waals surface area contributed by atoms with Crippen LogP contribution >= 0.6 is 11.8 Å². The van der Waals surface area contributed by atoms with Gasteiger partial charge in [-0.3, -0.25) is 4.99 Å². The normalized spacial score (nSPS) is 24.5. The molecule has 4 N–H and O–H groups in total. The molecule has 23 heavy (non-hydrogen) atoms. The summed E-state index contributed by atoms with van der Waals surface area (Å²) in [6, 6.07) is 1.85. The standard InChI is InChI=1S/C16H27N3O3S/c1-11-7-13(12(2)22-11)15(3,20)8-18-14(17-4)19-9-16(21)5-6-23-10-16/h7,20-21H,5-6,8-10H2,1-4H3,(H2,17,18,19). The van der Waals surface area contributed by atoms with Crippen LogP contribution in [0.4, 0.5) is 0 Å². The van der Waals surface area contributed by atoms with E-state index in [1.165, 1.54) is 0 Å². The van der Waals surface area contributed by atoms with E-state index >= 15 is 0 Å². The quantitative estimate of drug-likeness (QED) is 0.474. The zero-order valence-electron chi connectivity index (χ0n) is 14.3. The van der Waals surface area contributed by atoms with Crippen molar-refractivity contribution in [2.24, 2.45) is 4.99 Å². The first-order valence-electron chi connectivity index (χ1n) is 7.80. The average molecular weight is 341 g/mol. The Balaban J connectivity index is 1.90. The van der Waals surface area contributed by atoms with Crippen molar-refractivity contribution in [2.45, 2.75) is 38.4 Å². The van der Waals surface area contributed by atoms with Gasteiger partial charge in [0.2, 0.25) is 0 Å². The van der Waals surface area contributed by atoms with Gasteiger partial charge in [0.1, 0.15) is 17.1 Å². The van der Waals surface area contributed by atoms with Crippen LogP contribution in [0.5, 0.6) is 0 Å². The van der Waals surface area contributed by atoms with E-state index in [4.69, 9.17) is 4.42 Å². The number of guanidine groups is 1. The highest BCUT2D eigenvalue weighted by molar-refractivity contribution is 7.99.